The Kier molecular flexibility index (Phi) is 9.59. The average Bonchev–Trinajstić information content (AvgIpc) is 2.75. The van der Waals surface area contributed by atoms with Crippen molar-refractivity contribution in [2.24, 2.45) is 0 Å². The number of unbranched alkanes of at least 4 members (excludes halogenated alkanes) is 3. The maximum Gasteiger partial charge on any atom is 0.269 e. The lowest BCUT2D eigenvalue weighted by Gasteiger charge is -2.07. The third kappa shape index (κ3) is 7.87. The molecule has 0 spiro atoms. The molecule has 0 amide bonds. The summed E-state index contributed by atoms with van der Waals surface area (Å²) >= 11 is 0. The molecule has 0 fully saturated rings. The Labute approximate surface area is 171 Å². The second-order valence-electron chi connectivity index (χ2n) is 6.75. The molecule has 0 unspecified atom stereocenters. The van der Waals surface area contributed by atoms with Crippen molar-refractivity contribution in [3.05, 3.63) is 82.4 Å². The van der Waals surface area contributed by atoms with Crippen LogP contribution in [0.15, 0.2) is 61.2 Å². The third-order valence-electron chi connectivity index (χ3n) is 4.50. The molecule has 0 saturated carbocycles. The van der Waals surface area contributed by atoms with Crippen molar-refractivity contribution in [1.82, 2.24) is 5.32 Å². The van der Waals surface area contributed by atoms with Crippen LogP contribution in [-0.2, 0) is 0 Å². The van der Waals surface area contributed by atoms with Crippen LogP contribution in [0.4, 0.5) is 5.69 Å². The van der Waals surface area contributed by atoms with E-state index in [1.807, 2.05) is 6.08 Å². The van der Waals surface area contributed by atoms with Gasteiger partial charge in [-0.25, -0.2) is 0 Å². The number of nitrogens with zero attached hydrogens (tertiary/aromatic N) is 1. The molecular formula is C23H28N2O4. The lowest BCUT2D eigenvalue weighted by molar-refractivity contribution is -0.384. The van der Waals surface area contributed by atoms with Gasteiger partial charge in [-0.3, -0.25) is 14.9 Å². The first-order valence-corrected chi connectivity index (χ1v) is 9.95. The minimum absolute atomic E-state index is 0.0331. The average molecular weight is 396 g/mol. The lowest BCUT2D eigenvalue weighted by atomic mass is 10.0. The molecule has 0 saturated heterocycles. The van der Waals surface area contributed by atoms with Crippen molar-refractivity contribution in [2.45, 2.75) is 32.1 Å². The lowest BCUT2D eigenvalue weighted by Crippen LogP contribution is -2.15. The zero-order valence-electron chi connectivity index (χ0n) is 16.6. The van der Waals surface area contributed by atoms with Gasteiger partial charge in [0.05, 0.1) is 11.5 Å². The molecule has 1 N–H and O–H groups in total. The monoisotopic (exact) mass is 396 g/mol. The number of carbonyl (C=O) groups excluding carboxylic acids is 1. The topological polar surface area (TPSA) is 81.5 Å². The maximum absolute atomic E-state index is 12.5. The van der Waals surface area contributed by atoms with Gasteiger partial charge in [-0.05, 0) is 68.8 Å². The minimum Gasteiger partial charge on any atom is -0.494 e. The molecule has 0 aliphatic rings. The highest BCUT2D eigenvalue weighted by molar-refractivity contribution is 6.09. The van der Waals surface area contributed by atoms with Gasteiger partial charge in [0, 0.05) is 23.3 Å². The molecule has 2 aromatic rings. The molecule has 0 aromatic heterocycles. The molecule has 0 heterocycles. The summed E-state index contributed by atoms with van der Waals surface area (Å²) in [5, 5.41) is 14.1. The summed E-state index contributed by atoms with van der Waals surface area (Å²) in [4.78, 5) is 22.7. The first kappa shape index (κ1) is 22.3. The summed E-state index contributed by atoms with van der Waals surface area (Å²) in [7, 11) is 0. The normalized spacial score (nSPS) is 10.5. The second kappa shape index (κ2) is 12.5. The summed E-state index contributed by atoms with van der Waals surface area (Å²) in [6.45, 7) is 6.39. The highest BCUT2D eigenvalue weighted by Gasteiger charge is 2.11. The molecule has 2 rings (SSSR count). The highest BCUT2D eigenvalue weighted by atomic mass is 16.6. The van der Waals surface area contributed by atoms with Gasteiger partial charge in [0.25, 0.3) is 5.69 Å². The fourth-order valence-corrected chi connectivity index (χ4v) is 2.83. The van der Waals surface area contributed by atoms with Gasteiger partial charge >= 0.3 is 0 Å². The Morgan fingerprint density at radius 1 is 0.966 bits per heavy atom. The van der Waals surface area contributed by atoms with Crippen LogP contribution in [0.5, 0.6) is 5.75 Å². The van der Waals surface area contributed by atoms with Gasteiger partial charge in [0.1, 0.15) is 5.75 Å². The van der Waals surface area contributed by atoms with Crippen LogP contribution in [0.3, 0.4) is 0 Å². The second-order valence-corrected chi connectivity index (χ2v) is 6.75. The molecule has 0 atom stereocenters. The molecule has 0 aliphatic heterocycles. The highest BCUT2D eigenvalue weighted by Crippen LogP contribution is 2.18. The molecule has 2 aromatic carbocycles. The number of ether oxygens (including phenoxy) is 1. The molecule has 29 heavy (non-hydrogen) atoms. The molecule has 0 radical (unpaired) electrons. The minimum atomic E-state index is -0.484. The van der Waals surface area contributed by atoms with Gasteiger partial charge in [0.2, 0.25) is 0 Å². The van der Waals surface area contributed by atoms with Gasteiger partial charge in [0.15, 0.2) is 5.78 Å². The van der Waals surface area contributed by atoms with Crippen molar-refractivity contribution in [1.29, 1.82) is 0 Å². The van der Waals surface area contributed by atoms with Crippen LogP contribution in [0, 0.1) is 10.1 Å². The summed E-state index contributed by atoms with van der Waals surface area (Å²) < 4.78 is 5.74. The maximum atomic E-state index is 12.5. The molecule has 0 bridgehead atoms. The number of hydrogen-bond donors (Lipinski definition) is 1. The third-order valence-corrected chi connectivity index (χ3v) is 4.50. The van der Waals surface area contributed by atoms with E-state index in [4.69, 9.17) is 4.74 Å². The Balaban J connectivity index is 1.68. The van der Waals surface area contributed by atoms with E-state index in [0.717, 1.165) is 44.5 Å². The summed E-state index contributed by atoms with van der Waals surface area (Å²) in [5.41, 5.74) is 0.910. The summed E-state index contributed by atoms with van der Waals surface area (Å²) in [6.07, 6.45) is 7.38. The Morgan fingerprint density at radius 2 is 1.59 bits per heavy atom. The Morgan fingerprint density at radius 3 is 2.21 bits per heavy atom. The Bertz CT molecular complexity index is 786. The van der Waals surface area contributed by atoms with E-state index in [2.05, 4.69) is 11.9 Å². The molecular weight excluding hydrogens is 368 g/mol. The van der Waals surface area contributed by atoms with Crippen LogP contribution >= 0.6 is 0 Å². The van der Waals surface area contributed by atoms with E-state index in [9.17, 15) is 14.9 Å². The fourth-order valence-electron chi connectivity index (χ4n) is 2.83. The standard InChI is InChI=1S/C23H28N2O4/c1-2-3-16-24-17-6-4-5-7-18-29-22-14-10-20(11-15-22)23(26)19-8-12-21(13-9-19)25(27)28/h2,8-15,24H,1,3-7,16-18H2. The fraction of sp³-hybridized carbons (Fsp3) is 0.348. The predicted octanol–water partition coefficient (Wildman–Crippen LogP) is 4.93. The van der Waals surface area contributed by atoms with E-state index in [-0.39, 0.29) is 11.5 Å². The van der Waals surface area contributed by atoms with Gasteiger partial charge in [-0.15, -0.1) is 6.58 Å². The van der Waals surface area contributed by atoms with Gasteiger partial charge in [-0.2, -0.15) is 0 Å². The van der Waals surface area contributed by atoms with Crippen molar-refractivity contribution in [3.8, 4) is 5.75 Å². The molecule has 154 valence electrons. The number of hydrogen-bond acceptors (Lipinski definition) is 5. The number of nitrogens with one attached hydrogen (secondary N) is 1. The van der Waals surface area contributed by atoms with Gasteiger partial charge in [-0.1, -0.05) is 18.9 Å². The van der Waals surface area contributed by atoms with Crippen LogP contribution in [0.25, 0.3) is 0 Å². The number of ketones is 1. The smallest absolute Gasteiger partial charge is 0.269 e. The molecule has 0 aliphatic carbocycles. The number of non-ortho nitro benzene ring substituents is 1. The van der Waals surface area contributed by atoms with Gasteiger partial charge < -0.3 is 10.1 Å². The largest absolute Gasteiger partial charge is 0.494 e. The zero-order valence-corrected chi connectivity index (χ0v) is 16.6. The van der Waals surface area contributed by atoms with Crippen molar-refractivity contribution in [2.75, 3.05) is 19.7 Å². The Hall–Kier alpha value is -2.99. The number of benzene rings is 2. The number of nitro groups is 1. The van der Waals surface area contributed by atoms with Crippen LogP contribution in [0.1, 0.15) is 48.0 Å². The summed E-state index contributed by atoms with van der Waals surface area (Å²) in [6, 6.07) is 12.6. The molecule has 6 heteroatoms. The zero-order chi connectivity index (χ0) is 20.9. The van der Waals surface area contributed by atoms with Crippen molar-refractivity contribution in [3.63, 3.8) is 0 Å². The van der Waals surface area contributed by atoms with Crippen LogP contribution < -0.4 is 10.1 Å². The van der Waals surface area contributed by atoms with E-state index in [1.54, 1.807) is 24.3 Å². The first-order valence-electron chi connectivity index (χ1n) is 9.95. The molecule has 6 nitrogen and oxygen atoms in total. The number of rotatable bonds is 14. The summed E-state index contributed by atoms with van der Waals surface area (Å²) in [5.74, 6) is 0.560. The van der Waals surface area contributed by atoms with Crippen molar-refractivity contribution < 1.29 is 14.5 Å². The predicted molar refractivity (Wildman–Crippen MR) is 115 cm³/mol. The van der Waals surface area contributed by atoms with E-state index in [1.165, 1.54) is 30.7 Å². The first-order chi connectivity index (χ1) is 14.1. The quantitative estimate of drug-likeness (QED) is 0.161. The van der Waals surface area contributed by atoms with Crippen molar-refractivity contribution >= 4 is 11.5 Å². The van der Waals surface area contributed by atoms with E-state index >= 15 is 0 Å². The van der Waals surface area contributed by atoms with E-state index < -0.39 is 4.92 Å². The van der Waals surface area contributed by atoms with Crippen LogP contribution in [0.2, 0.25) is 0 Å². The number of carbonyl (C=O) groups is 1. The van der Waals surface area contributed by atoms with Crippen LogP contribution in [-0.4, -0.2) is 30.4 Å². The van der Waals surface area contributed by atoms with E-state index in [0.29, 0.717) is 17.7 Å². The SMILES string of the molecule is C=CCCNCCCCCCOc1ccc(C(=O)c2ccc([N+](=O)[O-])cc2)cc1. The number of nitro benzene ring substituents is 1.